The van der Waals surface area contributed by atoms with Gasteiger partial charge in [-0.25, -0.2) is 0 Å². The van der Waals surface area contributed by atoms with Crippen LogP contribution in [0.5, 0.6) is 5.75 Å². The molecule has 1 aromatic carbocycles. The monoisotopic (exact) mass is 234 g/mol. The lowest BCUT2D eigenvalue weighted by molar-refractivity contribution is 0.303. The zero-order chi connectivity index (χ0) is 12.7. The number of rotatable bonds is 7. The van der Waals surface area contributed by atoms with Crippen LogP contribution in [0.15, 0.2) is 18.2 Å². The Kier molecular flexibility index (Phi) is 5.53. The molecule has 0 unspecified atom stereocenters. The summed E-state index contributed by atoms with van der Waals surface area (Å²) in [7, 11) is 0. The first-order valence-electron chi connectivity index (χ1n) is 6.23. The van der Waals surface area contributed by atoms with Crippen molar-refractivity contribution in [2.75, 3.05) is 6.61 Å². The Morgan fingerprint density at radius 3 is 2.71 bits per heavy atom. The Bertz CT molecular complexity index is 374. The molecule has 0 aliphatic rings. The van der Waals surface area contributed by atoms with E-state index in [4.69, 9.17) is 15.9 Å². The van der Waals surface area contributed by atoms with E-state index in [1.807, 2.05) is 25.1 Å². The summed E-state index contributed by atoms with van der Waals surface area (Å²) in [5, 5.41) is 7.39. The van der Waals surface area contributed by atoms with E-state index < -0.39 is 0 Å². The summed E-state index contributed by atoms with van der Waals surface area (Å²) in [5.41, 5.74) is 7.26. The zero-order valence-corrected chi connectivity index (χ0v) is 10.8. The third-order valence-electron chi connectivity index (χ3n) is 2.75. The maximum atomic E-state index is 7.39. The van der Waals surface area contributed by atoms with E-state index in [1.54, 1.807) is 0 Å². The molecule has 0 heterocycles. The van der Waals surface area contributed by atoms with E-state index in [2.05, 4.69) is 6.92 Å². The molecule has 1 aromatic rings. The van der Waals surface area contributed by atoms with Gasteiger partial charge in [0.05, 0.1) is 6.61 Å². The third kappa shape index (κ3) is 4.47. The molecule has 0 aliphatic carbocycles. The van der Waals surface area contributed by atoms with E-state index in [-0.39, 0.29) is 5.84 Å². The molecule has 0 aromatic heterocycles. The van der Waals surface area contributed by atoms with Gasteiger partial charge in [-0.2, -0.15) is 0 Å². The number of nitrogens with one attached hydrogen (secondary N) is 1. The van der Waals surface area contributed by atoms with Gasteiger partial charge in [-0.05, 0) is 25.0 Å². The van der Waals surface area contributed by atoms with Gasteiger partial charge in [0.15, 0.2) is 0 Å². The van der Waals surface area contributed by atoms with Gasteiger partial charge >= 0.3 is 0 Å². The van der Waals surface area contributed by atoms with Crippen molar-refractivity contribution in [3.8, 4) is 5.75 Å². The average molecular weight is 234 g/mol. The van der Waals surface area contributed by atoms with Gasteiger partial charge in [0.1, 0.15) is 11.6 Å². The van der Waals surface area contributed by atoms with Crippen molar-refractivity contribution in [1.29, 1.82) is 5.41 Å². The molecule has 0 bridgehead atoms. The van der Waals surface area contributed by atoms with Gasteiger partial charge in [0, 0.05) is 5.56 Å². The highest BCUT2D eigenvalue weighted by molar-refractivity contribution is 5.95. The van der Waals surface area contributed by atoms with E-state index in [0.717, 1.165) is 29.9 Å². The lowest BCUT2D eigenvalue weighted by Gasteiger charge is -2.10. The molecule has 0 amide bonds. The SMILES string of the molecule is CCCCCCOc1cc(C(=N)N)ccc1C. The lowest BCUT2D eigenvalue weighted by atomic mass is 10.1. The minimum atomic E-state index is 0.0841. The van der Waals surface area contributed by atoms with Crippen molar-refractivity contribution in [3.63, 3.8) is 0 Å². The molecular weight excluding hydrogens is 212 g/mol. The normalized spacial score (nSPS) is 10.2. The van der Waals surface area contributed by atoms with Crippen molar-refractivity contribution in [2.24, 2.45) is 5.73 Å². The van der Waals surface area contributed by atoms with Crippen LogP contribution in [-0.2, 0) is 0 Å². The van der Waals surface area contributed by atoms with Gasteiger partial charge in [0.2, 0.25) is 0 Å². The highest BCUT2D eigenvalue weighted by Gasteiger charge is 2.03. The summed E-state index contributed by atoms with van der Waals surface area (Å²) in [4.78, 5) is 0. The molecule has 1 rings (SSSR count). The van der Waals surface area contributed by atoms with E-state index in [0.29, 0.717) is 0 Å². The summed E-state index contributed by atoms with van der Waals surface area (Å²) in [6.45, 7) is 4.94. The first kappa shape index (κ1) is 13.6. The summed E-state index contributed by atoms with van der Waals surface area (Å²) in [5.74, 6) is 0.926. The first-order valence-corrected chi connectivity index (χ1v) is 6.23. The van der Waals surface area contributed by atoms with Crippen LogP contribution >= 0.6 is 0 Å². The molecule has 3 N–H and O–H groups in total. The largest absolute Gasteiger partial charge is 0.493 e. The summed E-state index contributed by atoms with van der Waals surface area (Å²) >= 11 is 0. The Hall–Kier alpha value is -1.51. The predicted octanol–water partition coefficient (Wildman–Crippen LogP) is 3.24. The van der Waals surface area contributed by atoms with Crippen LogP contribution in [0.4, 0.5) is 0 Å². The number of amidine groups is 1. The molecule has 0 atom stereocenters. The van der Waals surface area contributed by atoms with Crippen LogP contribution < -0.4 is 10.5 Å². The van der Waals surface area contributed by atoms with Gasteiger partial charge in [-0.3, -0.25) is 5.41 Å². The minimum absolute atomic E-state index is 0.0841. The summed E-state index contributed by atoms with van der Waals surface area (Å²) < 4.78 is 5.72. The fraction of sp³-hybridized carbons (Fsp3) is 0.500. The fourth-order valence-electron chi connectivity index (χ4n) is 1.63. The van der Waals surface area contributed by atoms with Crippen LogP contribution in [0.3, 0.4) is 0 Å². The summed E-state index contributed by atoms with van der Waals surface area (Å²) in [6, 6.07) is 5.64. The molecule has 3 heteroatoms. The second kappa shape index (κ2) is 6.94. The molecule has 0 spiro atoms. The second-order valence-electron chi connectivity index (χ2n) is 4.30. The number of hydrogen-bond donors (Lipinski definition) is 2. The molecule has 94 valence electrons. The van der Waals surface area contributed by atoms with Crippen molar-refractivity contribution < 1.29 is 4.74 Å². The molecule has 0 aliphatic heterocycles. The highest BCUT2D eigenvalue weighted by atomic mass is 16.5. The Morgan fingerprint density at radius 2 is 2.06 bits per heavy atom. The van der Waals surface area contributed by atoms with Crippen molar-refractivity contribution in [2.45, 2.75) is 39.5 Å². The van der Waals surface area contributed by atoms with E-state index >= 15 is 0 Å². The Labute approximate surface area is 103 Å². The van der Waals surface area contributed by atoms with Crippen LogP contribution in [0.1, 0.15) is 43.7 Å². The van der Waals surface area contributed by atoms with Crippen LogP contribution in [-0.4, -0.2) is 12.4 Å². The first-order chi connectivity index (χ1) is 8.15. The fourth-order valence-corrected chi connectivity index (χ4v) is 1.63. The maximum Gasteiger partial charge on any atom is 0.122 e. The Morgan fingerprint density at radius 1 is 1.29 bits per heavy atom. The number of unbranched alkanes of at least 4 members (excludes halogenated alkanes) is 3. The van der Waals surface area contributed by atoms with Crippen molar-refractivity contribution in [3.05, 3.63) is 29.3 Å². The topological polar surface area (TPSA) is 59.1 Å². The van der Waals surface area contributed by atoms with Gasteiger partial charge in [-0.1, -0.05) is 38.3 Å². The van der Waals surface area contributed by atoms with Crippen molar-refractivity contribution in [1.82, 2.24) is 0 Å². The highest BCUT2D eigenvalue weighted by Crippen LogP contribution is 2.19. The van der Waals surface area contributed by atoms with Gasteiger partial charge in [0.25, 0.3) is 0 Å². The lowest BCUT2D eigenvalue weighted by Crippen LogP contribution is -2.11. The number of nitrogen functional groups attached to an aromatic ring is 1. The van der Waals surface area contributed by atoms with E-state index in [1.165, 1.54) is 19.3 Å². The number of benzene rings is 1. The zero-order valence-electron chi connectivity index (χ0n) is 10.8. The number of ether oxygens (including phenoxy) is 1. The standard InChI is InChI=1S/C14H22N2O/c1-3-4-5-6-9-17-13-10-12(14(15)16)8-7-11(13)2/h7-8,10H,3-6,9H2,1-2H3,(H3,15,16). The molecular formula is C14H22N2O. The number of nitrogens with two attached hydrogens (primary N) is 1. The van der Waals surface area contributed by atoms with Crippen LogP contribution in [0.25, 0.3) is 0 Å². The van der Waals surface area contributed by atoms with Crippen LogP contribution in [0.2, 0.25) is 0 Å². The van der Waals surface area contributed by atoms with Crippen LogP contribution in [0, 0.1) is 12.3 Å². The Balaban J connectivity index is 2.51. The minimum Gasteiger partial charge on any atom is -0.493 e. The number of aryl methyl sites for hydroxylation is 1. The molecule has 17 heavy (non-hydrogen) atoms. The predicted molar refractivity (Wildman–Crippen MR) is 71.8 cm³/mol. The maximum absolute atomic E-state index is 7.39. The quantitative estimate of drug-likeness (QED) is 0.432. The van der Waals surface area contributed by atoms with E-state index in [9.17, 15) is 0 Å². The second-order valence-corrected chi connectivity index (χ2v) is 4.30. The molecule has 0 saturated carbocycles. The smallest absolute Gasteiger partial charge is 0.122 e. The van der Waals surface area contributed by atoms with Gasteiger partial charge < -0.3 is 10.5 Å². The molecule has 0 radical (unpaired) electrons. The van der Waals surface area contributed by atoms with Crippen molar-refractivity contribution >= 4 is 5.84 Å². The number of hydrogen-bond acceptors (Lipinski definition) is 2. The molecule has 0 saturated heterocycles. The average Bonchev–Trinajstić information content (AvgIpc) is 2.30. The summed E-state index contributed by atoms with van der Waals surface area (Å²) in [6.07, 6.45) is 4.79. The third-order valence-corrected chi connectivity index (χ3v) is 2.75. The van der Waals surface area contributed by atoms with Gasteiger partial charge in [-0.15, -0.1) is 0 Å². The molecule has 3 nitrogen and oxygen atoms in total. The molecule has 0 fully saturated rings.